The fourth-order valence-corrected chi connectivity index (χ4v) is 2.76. The van der Waals surface area contributed by atoms with Gasteiger partial charge in [0, 0.05) is 11.8 Å². The third-order valence-corrected chi connectivity index (χ3v) is 3.85. The van der Waals surface area contributed by atoms with E-state index in [1.807, 2.05) is 6.20 Å². The van der Waals surface area contributed by atoms with E-state index in [4.69, 9.17) is 4.98 Å². The summed E-state index contributed by atoms with van der Waals surface area (Å²) in [5.41, 5.74) is 4.60. The van der Waals surface area contributed by atoms with Gasteiger partial charge >= 0.3 is 0 Å². The zero-order valence-electron chi connectivity index (χ0n) is 14.3. The zero-order valence-corrected chi connectivity index (χ0v) is 14.3. The summed E-state index contributed by atoms with van der Waals surface area (Å²) in [6.07, 6.45) is 4.52. The van der Waals surface area contributed by atoms with Crippen molar-refractivity contribution in [3.05, 3.63) is 41.7 Å². The first-order valence-corrected chi connectivity index (χ1v) is 7.92. The Kier molecular flexibility index (Phi) is 3.87. The topological polar surface area (TPSA) is 78.9 Å². The molecule has 0 radical (unpaired) electrons. The van der Waals surface area contributed by atoms with E-state index >= 15 is 0 Å². The number of carbonyl (C=O) groups is 1. The monoisotopic (exact) mass is 323 g/mol. The molecule has 1 aromatic carbocycles. The minimum absolute atomic E-state index is 0.0182. The van der Waals surface area contributed by atoms with Crippen LogP contribution in [0.3, 0.4) is 0 Å². The predicted molar refractivity (Wildman–Crippen MR) is 94.2 cm³/mol. The van der Waals surface area contributed by atoms with E-state index in [2.05, 4.69) is 30.7 Å². The molecule has 0 saturated heterocycles. The lowest BCUT2D eigenvalue weighted by Gasteiger charge is -2.16. The number of hydrogen-bond donors (Lipinski definition) is 2. The summed E-state index contributed by atoms with van der Waals surface area (Å²) in [6.45, 7) is 7.98. The molecule has 0 bridgehead atoms. The molecule has 3 rings (SSSR count). The Balaban J connectivity index is 2.09. The lowest BCUT2D eigenvalue weighted by Crippen LogP contribution is -2.08. The highest BCUT2D eigenvalue weighted by molar-refractivity contribution is 5.98. The number of carbonyl (C=O) groups excluding carboxylic acids is 1. The summed E-state index contributed by atoms with van der Waals surface area (Å²) in [5.74, 6) is -0.200. The quantitative estimate of drug-likeness (QED) is 0.711. The fourth-order valence-electron chi connectivity index (χ4n) is 2.76. The van der Waals surface area contributed by atoms with E-state index in [-0.39, 0.29) is 16.9 Å². The minimum atomic E-state index is -0.182. The normalized spacial score (nSPS) is 11.8. The van der Waals surface area contributed by atoms with Crippen LogP contribution in [0.15, 0.2) is 30.6 Å². The number of benzene rings is 1. The molecule has 0 atom stereocenters. The van der Waals surface area contributed by atoms with Crippen molar-refractivity contribution in [1.82, 2.24) is 15.0 Å². The zero-order chi connectivity index (χ0) is 17.5. The van der Waals surface area contributed by atoms with Crippen molar-refractivity contribution in [2.75, 3.05) is 0 Å². The Morgan fingerprint density at radius 1 is 1.29 bits per heavy atom. The summed E-state index contributed by atoms with van der Waals surface area (Å²) in [7, 11) is 0. The van der Waals surface area contributed by atoms with Gasteiger partial charge in [-0.15, -0.1) is 0 Å². The van der Waals surface area contributed by atoms with Crippen LogP contribution in [0.4, 0.5) is 0 Å². The van der Waals surface area contributed by atoms with Gasteiger partial charge in [-0.1, -0.05) is 20.8 Å². The van der Waals surface area contributed by atoms with E-state index in [0.717, 1.165) is 28.7 Å². The molecule has 5 heteroatoms. The second-order valence-electron chi connectivity index (χ2n) is 7.29. The summed E-state index contributed by atoms with van der Waals surface area (Å²) in [4.78, 5) is 24.0. The van der Waals surface area contributed by atoms with Gasteiger partial charge in [-0.3, -0.25) is 4.79 Å². The molecule has 0 fully saturated rings. The molecule has 0 saturated carbocycles. The maximum atomic E-state index is 11.6. The molecular weight excluding hydrogens is 302 g/mol. The first-order valence-electron chi connectivity index (χ1n) is 7.92. The second-order valence-corrected chi connectivity index (χ2v) is 7.29. The number of hydrogen-bond acceptors (Lipinski definition) is 4. The summed E-state index contributed by atoms with van der Waals surface area (Å²) < 4.78 is 0. The molecule has 0 spiro atoms. The van der Waals surface area contributed by atoms with E-state index in [1.54, 1.807) is 18.3 Å². The number of phenols is 1. The summed E-state index contributed by atoms with van der Waals surface area (Å²) in [5, 5.41) is 9.80. The average molecular weight is 323 g/mol. The van der Waals surface area contributed by atoms with Gasteiger partial charge in [0.1, 0.15) is 11.3 Å². The van der Waals surface area contributed by atoms with E-state index in [9.17, 15) is 9.90 Å². The third kappa shape index (κ3) is 3.15. The average Bonchev–Trinajstić information content (AvgIpc) is 2.88. The number of phenolic OH excluding ortho intramolecular Hbond substituents is 1. The first kappa shape index (κ1) is 16.2. The van der Waals surface area contributed by atoms with Crippen molar-refractivity contribution in [2.45, 2.75) is 34.1 Å². The van der Waals surface area contributed by atoms with Crippen LogP contribution in [-0.2, 0) is 6.42 Å². The van der Waals surface area contributed by atoms with Crippen LogP contribution >= 0.6 is 0 Å². The third-order valence-electron chi connectivity index (χ3n) is 3.85. The van der Waals surface area contributed by atoms with Gasteiger partial charge in [0.2, 0.25) is 0 Å². The fraction of sp³-hybridized carbons (Fsp3) is 0.316. The van der Waals surface area contributed by atoms with Gasteiger partial charge in [-0.05, 0) is 42.5 Å². The van der Waals surface area contributed by atoms with Gasteiger partial charge in [0.25, 0.3) is 0 Å². The molecule has 24 heavy (non-hydrogen) atoms. The largest absolute Gasteiger partial charge is 0.507 e. The Morgan fingerprint density at radius 2 is 2.04 bits per heavy atom. The van der Waals surface area contributed by atoms with Crippen molar-refractivity contribution >= 4 is 16.9 Å². The second kappa shape index (κ2) is 5.74. The van der Waals surface area contributed by atoms with E-state index in [1.165, 1.54) is 13.0 Å². The van der Waals surface area contributed by atoms with Crippen molar-refractivity contribution in [1.29, 1.82) is 0 Å². The number of aromatic amines is 1. The molecule has 2 heterocycles. The van der Waals surface area contributed by atoms with Gasteiger partial charge in [-0.2, -0.15) is 0 Å². The van der Waals surface area contributed by atoms with Crippen molar-refractivity contribution in [3.8, 4) is 17.0 Å². The molecule has 0 aliphatic rings. The highest BCUT2D eigenvalue weighted by Gasteiger charge is 2.17. The standard InChI is InChI=1S/C19H21N3O2/c1-11(23)14-7-12(5-6-16(14)24)15-10-21-18-17(22-15)13(9-20-18)8-19(2,3)4/h5-7,9-10,24H,8H2,1-4H3,(H,20,21). The van der Waals surface area contributed by atoms with Crippen LogP contribution < -0.4 is 0 Å². The number of Topliss-reactive ketones (excluding diaryl/α,β-unsaturated/α-hetero) is 1. The van der Waals surface area contributed by atoms with Crippen LogP contribution in [0.2, 0.25) is 0 Å². The van der Waals surface area contributed by atoms with Crippen molar-refractivity contribution in [2.24, 2.45) is 5.41 Å². The Morgan fingerprint density at radius 3 is 2.71 bits per heavy atom. The number of fused-ring (bicyclic) bond motifs is 1. The van der Waals surface area contributed by atoms with Gasteiger partial charge < -0.3 is 10.1 Å². The number of ketones is 1. The number of aromatic hydroxyl groups is 1. The molecule has 0 amide bonds. The number of nitrogens with zero attached hydrogens (tertiary/aromatic N) is 2. The number of H-pyrrole nitrogens is 1. The molecular formula is C19H21N3O2. The van der Waals surface area contributed by atoms with E-state index in [0.29, 0.717) is 11.3 Å². The van der Waals surface area contributed by atoms with E-state index < -0.39 is 0 Å². The maximum Gasteiger partial charge on any atom is 0.163 e. The lowest BCUT2D eigenvalue weighted by atomic mass is 9.89. The Bertz CT molecular complexity index is 920. The number of aromatic nitrogens is 3. The Labute approximate surface area is 140 Å². The van der Waals surface area contributed by atoms with Crippen LogP contribution in [0, 0.1) is 5.41 Å². The summed E-state index contributed by atoms with van der Waals surface area (Å²) in [6, 6.07) is 4.92. The Hall–Kier alpha value is -2.69. The molecule has 0 aliphatic heterocycles. The van der Waals surface area contributed by atoms with Crippen LogP contribution in [0.25, 0.3) is 22.4 Å². The highest BCUT2D eigenvalue weighted by atomic mass is 16.3. The number of rotatable bonds is 3. The van der Waals surface area contributed by atoms with Crippen LogP contribution in [0.5, 0.6) is 5.75 Å². The molecule has 124 valence electrons. The molecule has 0 aliphatic carbocycles. The SMILES string of the molecule is CC(=O)c1cc(-c2cnc3[nH]cc(CC(C)(C)C)c3n2)ccc1O. The molecule has 5 nitrogen and oxygen atoms in total. The summed E-state index contributed by atoms with van der Waals surface area (Å²) >= 11 is 0. The first-order chi connectivity index (χ1) is 11.2. The predicted octanol–water partition coefficient (Wildman–Crippen LogP) is 4.12. The van der Waals surface area contributed by atoms with Gasteiger partial charge in [0.15, 0.2) is 11.4 Å². The minimum Gasteiger partial charge on any atom is -0.507 e. The van der Waals surface area contributed by atoms with Crippen molar-refractivity contribution in [3.63, 3.8) is 0 Å². The molecule has 0 unspecified atom stereocenters. The van der Waals surface area contributed by atoms with Crippen molar-refractivity contribution < 1.29 is 9.90 Å². The smallest absolute Gasteiger partial charge is 0.163 e. The molecule has 3 aromatic rings. The van der Waals surface area contributed by atoms with Crippen LogP contribution in [0.1, 0.15) is 43.6 Å². The van der Waals surface area contributed by atoms with Gasteiger partial charge in [0.05, 0.1) is 17.5 Å². The maximum absolute atomic E-state index is 11.6. The van der Waals surface area contributed by atoms with Gasteiger partial charge in [-0.25, -0.2) is 9.97 Å². The molecule has 2 N–H and O–H groups in total. The molecule has 2 aromatic heterocycles. The number of nitrogens with one attached hydrogen (secondary N) is 1. The highest BCUT2D eigenvalue weighted by Crippen LogP contribution is 2.28. The van der Waals surface area contributed by atoms with Crippen LogP contribution in [-0.4, -0.2) is 25.8 Å². The lowest BCUT2D eigenvalue weighted by molar-refractivity contribution is 0.101.